The number of benzene rings is 1. The molecular formula is C15H20N2O2. The highest BCUT2D eigenvalue weighted by atomic mass is 16.3. The lowest BCUT2D eigenvalue weighted by molar-refractivity contribution is 0.292. The van der Waals surface area contributed by atoms with Gasteiger partial charge >= 0.3 is 0 Å². The highest BCUT2D eigenvalue weighted by Gasteiger charge is 2.03. The molecule has 0 saturated carbocycles. The van der Waals surface area contributed by atoms with E-state index in [2.05, 4.69) is 10.6 Å². The zero-order valence-corrected chi connectivity index (χ0v) is 10.9. The standard InChI is InChI=1S/C15H20N2O2/c18-11-10-16-8-9-17-12-14-6-7-15(19-14)13-4-2-1-3-5-13/h1-7,16-18H,8-12H2. The van der Waals surface area contributed by atoms with Crippen LogP contribution in [0.4, 0.5) is 0 Å². The summed E-state index contributed by atoms with van der Waals surface area (Å²) in [4.78, 5) is 0. The minimum atomic E-state index is 0.179. The molecule has 102 valence electrons. The molecule has 0 fully saturated rings. The third kappa shape index (κ3) is 4.52. The fraction of sp³-hybridized carbons (Fsp3) is 0.333. The molecule has 0 unspecified atom stereocenters. The van der Waals surface area contributed by atoms with Crippen molar-refractivity contribution in [3.63, 3.8) is 0 Å². The third-order valence-electron chi connectivity index (χ3n) is 2.79. The molecule has 0 saturated heterocycles. The van der Waals surface area contributed by atoms with Crippen LogP contribution >= 0.6 is 0 Å². The summed E-state index contributed by atoms with van der Waals surface area (Å²) in [5, 5.41) is 15.0. The lowest BCUT2D eigenvalue weighted by Crippen LogP contribution is -2.28. The van der Waals surface area contributed by atoms with Gasteiger partial charge in [-0.2, -0.15) is 0 Å². The van der Waals surface area contributed by atoms with E-state index >= 15 is 0 Å². The molecule has 4 nitrogen and oxygen atoms in total. The summed E-state index contributed by atoms with van der Waals surface area (Å²) in [5.74, 6) is 1.83. The van der Waals surface area contributed by atoms with Crippen LogP contribution in [0, 0.1) is 0 Å². The van der Waals surface area contributed by atoms with Crippen LogP contribution in [0.1, 0.15) is 5.76 Å². The quantitative estimate of drug-likeness (QED) is 0.631. The molecular weight excluding hydrogens is 240 g/mol. The summed E-state index contributed by atoms with van der Waals surface area (Å²) in [6.45, 7) is 3.22. The van der Waals surface area contributed by atoms with Gasteiger partial charge in [0.2, 0.25) is 0 Å². The van der Waals surface area contributed by atoms with Gasteiger partial charge in [-0.1, -0.05) is 30.3 Å². The lowest BCUT2D eigenvalue weighted by Gasteiger charge is -2.03. The van der Waals surface area contributed by atoms with E-state index in [1.54, 1.807) is 0 Å². The first-order chi connectivity index (χ1) is 9.40. The number of aliphatic hydroxyl groups is 1. The van der Waals surface area contributed by atoms with Crippen molar-refractivity contribution in [3.05, 3.63) is 48.2 Å². The fourth-order valence-corrected chi connectivity index (χ4v) is 1.82. The second-order valence-electron chi connectivity index (χ2n) is 4.28. The Morgan fingerprint density at radius 2 is 1.68 bits per heavy atom. The highest BCUT2D eigenvalue weighted by Crippen LogP contribution is 2.21. The van der Waals surface area contributed by atoms with Gasteiger partial charge in [-0.15, -0.1) is 0 Å². The van der Waals surface area contributed by atoms with Crippen molar-refractivity contribution in [2.24, 2.45) is 0 Å². The lowest BCUT2D eigenvalue weighted by atomic mass is 10.2. The van der Waals surface area contributed by atoms with Crippen molar-refractivity contribution in [2.45, 2.75) is 6.54 Å². The molecule has 2 aromatic rings. The summed E-state index contributed by atoms with van der Waals surface area (Å²) < 4.78 is 5.77. The maximum absolute atomic E-state index is 8.61. The average Bonchev–Trinajstić information content (AvgIpc) is 2.92. The van der Waals surface area contributed by atoms with Crippen LogP contribution in [0.25, 0.3) is 11.3 Å². The monoisotopic (exact) mass is 260 g/mol. The third-order valence-corrected chi connectivity index (χ3v) is 2.79. The Hall–Kier alpha value is -1.62. The molecule has 0 aliphatic carbocycles. The smallest absolute Gasteiger partial charge is 0.134 e. The molecule has 0 amide bonds. The Morgan fingerprint density at radius 1 is 0.895 bits per heavy atom. The van der Waals surface area contributed by atoms with Crippen LogP contribution in [0.5, 0.6) is 0 Å². The van der Waals surface area contributed by atoms with Crippen molar-refractivity contribution < 1.29 is 9.52 Å². The predicted molar refractivity (Wildman–Crippen MR) is 75.8 cm³/mol. The Balaban J connectivity index is 1.75. The first kappa shape index (κ1) is 13.8. The van der Waals surface area contributed by atoms with E-state index in [4.69, 9.17) is 9.52 Å². The number of hydrogen-bond donors (Lipinski definition) is 3. The average molecular weight is 260 g/mol. The maximum Gasteiger partial charge on any atom is 0.134 e. The summed E-state index contributed by atoms with van der Waals surface area (Å²) in [7, 11) is 0. The molecule has 4 heteroatoms. The van der Waals surface area contributed by atoms with Gasteiger partial charge in [0.1, 0.15) is 11.5 Å². The Labute approximate surface area is 113 Å². The normalized spacial score (nSPS) is 10.8. The van der Waals surface area contributed by atoms with Crippen LogP contribution in [0.2, 0.25) is 0 Å². The molecule has 0 radical (unpaired) electrons. The van der Waals surface area contributed by atoms with Gasteiger partial charge < -0.3 is 20.2 Å². The molecule has 0 atom stereocenters. The van der Waals surface area contributed by atoms with E-state index in [9.17, 15) is 0 Å². The number of nitrogens with one attached hydrogen (secondary N) is 2. The van der Waals surface area contributed by atoms with Gasteiger partial charge in [0.25, 0.3) is 0 Å². The summed E-state index contributed by atoms with van der Waals surface area (Å²) >= 11 is 0. The molecule has 19 heavy (non-hydrogen) atoms. The number of hydrogen-bond acceptors (Lipinski definition) is 4. The Bertz CT molecular complexity index is 468. The second-order valence-corrected chi connectivity index (χ2v) is 4.28. The van der Waals surface area contributed by atoms with Crippen molar-refractivity contribution in [2.75, 3.05) is 26.2 Å². The van der Waals surface area contributed by atoms with Gasteiger partial charge in [0, 0.05) is 25.2 Å². The van der Waals surface area contributed by atoms with E-state index in [0.29, 0.717) is 13.1 Å². The van der Waals surface area contributed by atoms with Crippen molar-refractivity contribution in [3.8, 4) is 11.3 Å². The molecule has 0 aliphatic rings. The fourth-order valence-electron chi connectivity index (χ4n) is 1.82. The molecule has 0 spiro atoms. The van der Waals surface area contributed by atoms with Crippen LogP contribution in [-0.4, -0.2) is 31.3 Å². The minimum Gasteiger partial charge on any atom is -0.460 e. The van der Waals surface area contributed by atoms with E-state index in [-0.39, 0.29) is 6.61 Å². The summed E-state index contributed by atoms with van der Waals surface area (Å²) in [6.07, 6.45) is 0. The van der Waals surface area contributed by atoms with Gasteiger partial charge in [0.15, 0.2) is 0 Å². The number of rotatable bonds is 8. The Kier molecular flexibility index (Phi) is 5.62. The van der Waals surface area contributed by atoms with Crippen LogP contribution in [0.3, 0.4) is 0 Å². The molecule has 1 heterocycles. The van der Waals surface area contributed by atoms with Gasteiger partial charge in [-0.05, 0) is 12.1 Å². The van der Waals surface area contributed by atoms with Gasteiger partial charge in [-0.25, -0.2) is 0 Å². The molecule has 2 rings (SSSR count). The largest absolute Gasteiger partial charge is 0.460 e. The Morgan fingerprint density at radius 3 is 2.47 bits per heavy atom. The van der Waals surface area contributed by atoms with Gasteiger partial charge in [-0.3, -0.25) is 0 Å². The zero-order valence-electron chi connectivity index (χ0n) is 10.9. The van der Waals surface area contributed by atoms with E-state index in [0.717, 1.165) is 30.2 Å². The summed E-state index contributed by atoms with van der Waals surface area (Å²) in [5.41, 5.74) is 1.10. The van der Waals surface area contributed by atoms with Crippen molar-refractivity contribution in [1.82, 2.24) is 10.6 Å². The van der Waals surface area contributed by atoms with E-state index in [1.807, 2.05) is 42.5 Å². The number of aliphatic hydroxyl groups excluding tert-OH is 1. The molecule has 1 aromatic heterocycles. The van der Waals surface area contributed by atoms with E-state index < -0.39 is 0 Å². The molecule has 0 bridgehead atoms. The maximum atomic E-state index is 8.61. The first-order valence-electron chi connectivity index (χ1n) is 6.56. The van der Waals surface area contributed by atoms with Crippen LogP contribution < -0.4 is 10.6 Å². The van der Waals surface area contributed by atoms with Crippen LogP contribution in [0.15, 0.2) is 46.9 Å². The highest BCUT2D eigenvalue weighted by molar-refractivity contribution is 5.57. The van der Waals surface area contributed by atoms with Crippen molar-refractivity contribution in [1.29, 1.82) is 0 Å². The zero-order chi connectivity index (χ0) is 13.3. The predicted octanol–water partition coefficient (Wildman–Crippen LogP) is 1.62. The SMILES string of the molecule is OCCNCCNCc1ccc(-c2ccccc2)o1. The molecule has 1 aromatic carbocycles. The van der Waals surface area contributed by atoms with Crippen molar-refractivity contribution >= 4 is 0 Å². The van der Waals surface area contributed by atoms with E-state index in [1.165, 1.54) is 0 Å². The summed E-state index contributed by atoms with van der Waals surface area (Å²) in [6, 6.07) is 14.1. The van der Waals surface area contributed by atoms with Gasteiger partial charge in [0.05, 0.1) is 13.2 Å². The topological polar surface area (TPSA) is 57.4 Å². The van der Waals surface area contributed by atoms with Crippen LogP contribution in [-0.2, 0) is 6.54 Å². The molecule has 3 N–H and O–H groups in total. The first-order valence-corrected chi connectivity index (χ1v) is 6.56. The number of furan rings is 1. The second kappa shape index (κ2) is 7.74. The minimum absolute atomic E-state index is 0.179. The molecule has 0 aliphatic heterocycles.